The number of imidazole rings is 1. The zero-order valence-corrected chi connectivity index (χ0v) is 14.7. The number of benzene rings is 1. The molecule has 0 bridgehead atoms. The van der Waals surface area contributed by atoms with Crippen LogP contribution >= 0.6 is 11.6 Å². The molecule has 0 amide bonds. The highest BCUT2D eigenvalue weighted by Gasteiger charge is 2.17. The Morgan fingerprint density at radius 3 is 2.76 bits per heavy atom. The van der Waals surface area contributed by atoms with Crippen LogP contribution in [0.1, 0.15) is 18.4 Å². The van der Waals surface area contributed by atoms with E-state index in [0.29, 0.717) is 22.1 Å². The number of nitrogens with zero attached hydrogens (tertiary/aromatic N) is 4. The Bertz CT molecular complexity index is 919. The van der Waals surface area contributed by atoms with E-state index in [1.54, 1.807) is 19.2 Å². The van der Waals surface area contributed by atoms with Gasteiger partial charge < -0.3 is 14.7 Å². The second kappa shape index (κ2) is 6.54. The zero-order chi connectivity index (χ0) is 17.4. The Labute approximate surface area is 150 Å². The summed E-state index contributed by atoms with van der Waals surface area (Å²) in [6.45, 7) is 1.96. The lowest BCUT2D eigenvalue weighted by atomic mass is 10.1. The molecule has 1 aliphatic rings. The molecule has 1 fully saturated rings. The lowest BCUT2D eigenvalue weighted by molar-refractivity contribution is 0.281. The van der Waals surface area contributed by atoms with Crippen molar-refractivity contribution >= 4 is 23.2 Å². The van der Waals surface area contributed by atoms with Gasteiger partial charge in [0, 0.05) is 31.0 Å². The van der Waals surface area contributed by atoms with E-state index in [2.05, 4.69) is 14.9 Å². The molecule has 0 radical (unpaired) electrons. The Morgan fingerprint density at radius 1 is 1.24 bits per heavy atom. The number of methoxy groups -OCH3 is 1. The molecular formula is C18H19ClN4O2. The van der Waals surface area contributed by atoms with Crippen molar-refractivity contribution < 1.29 is 9.84 Å². The predicted molar refractivity (Wildman–Crippen MR) is 97.4 cm³/mol. The number of rotatable bonds is 4. The van der Waals surface area contributed by atoms with Gasteiger partial charge in [-0.1, -0.05) is 11.6 Å². The van der Waals surface area contributed by atoms with Crippen LogP contribution in [0.5, 0.6) is 5.75 Å². The Hall–Kier alpha value is -2.31. The first kappa shape index (κ1) is 16.2. The smallest absolute Gasteiger partial charge is 0.236 e. The first-order valence-electron chi connectivity index (χ1n) is 8.28. The molecule has 7 heteroatoms. The Morgan fingerprint density at radius 2 is 2.04 bits per heavy atom. The summed E-state index contributed by atoms with van der Waals surface area (Å²) >= 11 is 6.25. The zero-order valence-electron chi connectivity index (χ0n) is 13.9. The standard InChI is InChI=1S/C18H19ClN4O2/c1-25-16-8-12(11-24)13(9-14(16)19)15-10-23-7-4-17(21-18(23)20-15)22-5-2-3-6-22/h4,7-10,24H,2-3,5-6,11H2,1H3. The second-order valence-electron chi connectivity index (χ2n) is 6.12. The molecule has 25 heavy (non-hydrogen) atoms. The monoisotopic (exact) mass is 358 g/mol. The summed E-state index contributed by atoms with van der Waals surface area (Å²) < 4.78 is 7.11. The van der Waals surface area contributed by atoms with Crippen LogP contribution in [0.25, 0.3) is 17.0 Å². The fourth-order valence-electron chi connectivity index (χ4n) is 3.24. The van der Waals surface area contributed by atoms with Crippen molar-refractivity contribution in [1.82, 2.24) is 14.4 Å². The quantitative estimate of drug-likeness (QED) is 0.776. The molecule has 1 aromatic carbocycles. The summed E-state index contributed by atoms with van der Waals surface area (Å²) in [7, 11) is 1.55. The Balaban J connectivity index is 1.78. The van der Waals surface area contributed by atoms with Gasteiger partial charge in [0.05, 0.1) is 24.4 Å². The van der Waals surface area contributed by atoms with Crippen molar-refractivity contribution in [2.24, 2.45) is 0 Å². The van der Waals surface area contributed by atoms with Crippen molar-refractivity contribution in [1.29, 1.82) is 0 Å². The molecule has 3 aromatic rings. The summed E-state index contributed by atoms with van der Waals surface area (Å²) in [5.41, 5.74) is 2.21. The maximum Gasteiger partial charge on any atom is 0.236 e. The molecule has 0 aliphatic carbocycles. The fraction of sp³-hybridized carbons (Fsp3) is 0.333. The second-order valence-corrected chi connectivity index (χ2v) is 6.52. The van der Waals surface area contributed by atoms with Gasteiger partial charge in [0.15, 0.2) is 0 Å². The van der Waals surface area contributed by atoms with Gasteiger partial charge in [0.1, 0.15) is 11.6 Å². The number of ether oxygens (including phenoxy) is 1. The van der Waals surface area contributed by atoms with E-state index < -0.39 is 0 Å². The average Bonchev–Trinajstić information content (AvgIpc) is 3.30. The number of hydrogen-bond donors (Lipinski definition) is 1. The third-order valence-corrected chi connectivity index (χ3v) is 4.86. The first-order valence-corrected chi connectivity index (χ1v) is 8.65. The van der Waals surface area contributed by atoms with Crippen LogP contribution in [0.2, 0.25) is 5.02 Å². The average molecular weight is 359 g/mol. The highest BCUT2D eigenvalue weighted by atomic mass is 35.5. The molecule has 4 rings (SSSR count). The summed E-state index contributed by atoms with van der Waals surface area (Å²) in [5.74, 6) is 2.13. The van der Waals surface area contributed by atoms with Crippen LogP contribution in [0.15, 0.2) is 30.6 Å². The van der Waals surface area contributed by atoms with Gasteiger partial charge in [-0.3, -0.25) is 4.40 Å². The van der Waals surface area contributed by atoms with E-state index in [-0.39, 0.29) is 6.61 Å². The summed E-state index contributed by atoms with van der Waals surface area (Å²) in [6.07, 6.45) is 6.27. The van der Waals surface area contributed by atoms with Crippen LogP contribution in [0, 0.1) is 0 Å². The lowest BCUT2D eigenvalue weighted by Gasteiger charge is -2.15. The maximum atomic E-state index is 9.70. The van der Waals surface area contributed by atoms with E-state index in [9.17, 15) is 5.11 Å². The lowest BCUT2D eigenvalue weighted by Crippen LogP contribution is -2.19. The first-order chi connectivity index (χ1) is 12.2. The number of aliphatic hydroxyl groups is 1. The van der Waals surface area contributed by atoms with Crippen LogP contribution in [-0.4, -0.2) is 39.7 Å². The van der Waals surface area contributed by atoms with E-state index in [4.69, 9.17) is 16.3 Å². The minimum absolute atomic E-state index is 0.122. The summed E-state index contributed by atoms with van der Waals surface area (Å²) in [5, 5.41) is 10.2. The summed E-state index contributed by atoms with van der Waals surface area (Å²) in [6, 6.07) is 5.53. The van der Waals surface area contributed by atoms with Gasteiger partial charge in [0.25, 0.3) is 0 Å². The van der Waals surface area contributed by atoms with E-state index in [1.807, 2.05) is 22.9 Å². The molecule has 0 atom stereocenters. The van der Waals surface area contributed by atoms with Crippen molar-refractivity contribution in [3.63, 3.8) is 0 Å². The molecule has 6 nitrogen and oxygen atoms in total. The van der Waals surface area contributed by atoms with Crippen LogP contribution < -0.4 is 9.64 Å². The van der Waals surface area contributed by atoms with Gasteiger partial charge >= 0.3 is 0 Å². The van der Waals surface area contributed by atoms with Gasteiger partial charge in [-0.05, 0) is 36.6 Å². The SMILES string of the molecule is COc1cc(CO)c(-c2cn3ccc(N4CCCC4)nc3n2)cc1Cl. The predicted octanol–water partition coefficient (Wildman–Crippen LogP) is 3.15. The minimum atomic E-state index is -0.122. The number of aromatic nitrogens is 3. The van der Waals surface area contributed by atoms with E-state index in [1.165, 1.54) is 12.8 Å². The number of hydrogen-bond acceptors (Lipinski definition) is 5. The van der Waals surface area contributed by atoms with Crippen molar-refractivity contribution in [2.75, 3.05) is 25.1 Å². The van der Waals surface area contributed by atoms with E-state index in [0.717, 1.165) is 30.2 Å². The molecule has 3 heterocycles. The van der Waals surface area contributed by atoms with Gasteiger partial charge in [0.2, 0.25) is 5.78 Å². The normalized spacial score (nSPS) is 14.4. The number of aliphatic hydroxyl groups excluding tert-OH is 1. The molecule has 130 valence electrons. The highest BCUT2D eigenvalue weighted by molar-refractivity contribution is 6.32. The minimum Gasteiger partial charge on any atom is -0.495 e. The molecule has 0 unspecified atom stereocenters. The van der Waals surface area contributed by atoms with E-state index >= 15 is 0 Å². The highest BCUT2D eigenvalue weighted by Crippen LogP contribution is 2.33. The fourth-order valence-corrected chi connectivity index (χ4v) is 3.48. The van der Waals surface area contributed by atoms with Gasteiger partial charge in [-0.25, -0.2) is 4.98 Å². The van der Waals surface area contributed by atoms with Crippen molar-refractivity contribution in [2.45, 2.75) is 19.4 Å². The molecule has 1 N–H and O–H groups in total. The Kier molecular flexibility index (Phi) is 4.23. The molecule has 1 saturated heterocycles. The molecule has 0 saturated carbocycles. The number of anilines is 1. The third-order valence-electron chi connectivity index (χ3n) is 4.57. The van der Waals surface area contributed by atoms with Crippen LogP contribution in [-0.2, 0) is 6.61 Å². The number of fused-ring (bicyclic) bond motifs is 1. The van der Waals surface area contributed by atoms with Gasteiger partial charge in [-0.15, -0.1) is 0 Å². The molecule has 0 spiro atoms. The maximum absolute atomic E-state index is 9.70. The topological polar surface area (TPSA) is 62.9 Å². The van der Waals surface area contributed by atoms with Crippen molar-refractivity contribution in [3.05, 3.63) is 41.2 Å². The van der Waals surface area contributed by atoms with Crippen LogP contribution in [0.3, 0.4) is 0 Å². The molecule has 1 aliphatic heterocycles. The number of halogens is 1. The summed E-state index contributed by atoms with van der Waals surface area (Å²) in [4.78, 5) is 11.6. The largest absolute Gasteiger partial charge is 0.495 e. The van der Waals surface area contributed by atoms with Crippen molar-refractivity contribution in [3.8, 4) is 17.0 Å². The molecule has 2 aromatic heterocycles. The van der Waals surface area contributed by atoms with Gasteiger partial charge in [-0.2, -0.15) is 4.98 Å². The van der Waals surface area contributed by atoms with Crippen LogP contribution in [0.4, 0.5) is 5.82 Å². The third kappa shape index (κ3) is 2.92. The molecular weight excluding hydrogens is 340 g/mol.